The van der Waals surface area contributed by atoms with Crippen molar-refractivity contribution < 1.29 is 4.74 Å². The van der Waals surface area contributed by atoms with E-state index in [1.165, 1.54) is 22.4 Å². The lowest BCUT2D eigenvalue weighted by Crippen LogP contribution is -2.14. The summed E-state index contributed by atoms with van der Waals surface area (Å²) >= 11 is 0. The van der Waals surface area contributed by atoms with E-state index in [0.717, 1.165) is 18.8 Å². The Balaban J connectivity index is 1.93. The van der Waals surface area contributed by atoms with Gasteiger partial charge >= 0.3 is 0 Å². The van der Waals surface area contributed by atoms with Crippen molar-refractivity contribution >= 4 is 5.69 Å². The van der Waals surface area contributed by atoms with Crippen LogP contribution in [-0.4, -0.2) is 21.2 Å². The van der Waals surface area contributed by atoms with Crippen LogP contribution in [-0.2, 0) is 13.1 Å². The Morgan fingerprint density at radius 3 is 2.33 bits per heavy atom. The van der Waals surface area contributed by atoms with Crippen LogP contribution in [0, 0.1) is 6.92 Å². The van der Waals surface area contributed by atoms with E-state index in [1.807, 2.05) is 6.07 Å². The summed E-state index contributed by atoms with van der Waals surface area (Å²) in [6.45, 7) is 3.76. The molecule has 0 saturated carbocycles. The van der Waals surface area contributed by atoms with Crippen molar-refractivity contribution in [2.24, 2.45) is 0 Å². The summed E-state index contributed by atoms with van der Waals surface area (Å²) in [6, 6.07) is 14.9. The van der Waals surface area contributed by atoms with Gasteiger partial charge in [-0.3, -0.25) is 0 Å². The quantitative estimate of drug-likeness (QED) is 0.880. The Morgan fingerprint density at radius 2 is 1.71 bits per heavy atom. The first-order chi connectivity index (χ1) is 10.1. The van der Waals surface area contributed by atoms with Gasteiger partial charge in [-0.1, -0.05) is 29.8 Å². The third kappa shape index (κ3) is 4.23. The third-order valence-corrected chi connectivity index (χ3v) is 3.53. The highest BCUT2D eigenvalue weighted by molar-refractivity contribution is 5.46. The van der Waals surface area contributed by atoms with E-state index in [2.05, 4.69) is 67.6 Å². The molecule has 3 nitrogen and oxygen atoms in total. The summed E-state index contributed by atoms with van der Waals surface area (Å²) in [7, 11) is 5.82. The van der Waals surface area contributed by atoms with Crippen LogP contribution in [0.4, 0.5) is 5.69 Å². The van der Waals surface area contributed by atoms with E-state index in [1.54, 1.807) is 7.11 Å². The standard InChI is InChI=1S/C18H24N2O/c1-14-5-10-18(21-4)16(11-14)13-19-12-15-6-8-17(9-7-15)20(2)3/h5-11,19H,12-13H2,1-4H3. The van der Waals surface area contributed by atoms with Crippen LogP contribution >= 0.6 is 0 Å². The minimum atomic E-state index is 0.806. The van der Waals surface area contributed by atoms with Gasteiger partial charge in [0.1, 0.15) is 5.75 Å². The van der Waals surface area contributed by atoms with Crippen molar-refractivity contribution in [3.8, 4) is 5.75 Å². The molecule has 21 heavy (non-hydrogen) atoms. The minimum Gasteiger partial charge on any atom is -0.496 e. The van der Waals surface area contributed by atoms with Gasteiger partial charge < -0.3 is 15.0 Å². The first-order valence-electron chi connectivity index (χ1n) is 7.20. The number of ether oxygens (including phenoxy) is 1. The van der Waals surface area contributed by atoms with E-state index in [9.17, 15) is 0 Å². The Bertz CT molecular complexity index is 576. The van der Waals surface area contributed by atoms with Crippen LogP contribution in [0.25, 0.3) is 0 Å². The Kier molecular flexibility index (Phi) is 5.23. The van der Waals surface area contributed by atoms with Gasteiger partial charge in [-0.15, -0.1) is 0 Å². The van der Waals surface area contributed by atoms with Crippen LogP contribution in [0.3, 0.4) is 0 Å². The predicted octanol–water partition coefficient (Wildman–Crippen LogP) is 3.36. The molecule has 0 aliphatic heterocycles. The molecule has 0 fully saturated rings. The van der Waals surface area contributed by atoms with Gasteiger partial charge in [-0.25, -0.2) is 0 Å². The highest BCUT2D eigenvalue weighted by atomic mass is 16.5. The maximum Gasteiger partial charge on any atom is 0.123 e. The van der Waals surface area contributed by atoms with E-state index in [4.69, 9.17) is 4.74 Å². The molecule has 0 aliphatic rings. The number of nitrogens with one attached hydrogen (secondary N) is 1. The Labute approximate surface area is 127 Å². The van der Waals surface area contributed by atoms with Crippen molar-refractivity contribution in [1.29, 1.82) is 0 Å². The van der Waals surface area contributed by atoms with Gasteiger partial charge in [-0.05, 0) is 30.7 Å². The second kappa shape index (κ2) is 7.14. The molecule has 2 aromatic carbocycles. The highest BCUT2D eigenvalue weighted by Crippen LogP contribution is 2.19. The number of rotatable bonds is 6. The van der Waals surface area contributed by atoms with Crippen LogP contribution in [0.15, 0.2) is 42.5 Å². The molecule has 0 spiro atoms. The van der Waals surface area contributed by atoms with E-state index in [0.29, 0.717) is 0 Å². The molecule has 0 bridgehead atoms. The molecule has 0 saturated heterocycles. The van der Waals surface area contributed by atoms with Crippen molar-refractivity contribution in [3.63, 3.8) is 0 Å². The molecule has 0 unspecified atom stereocenters. The molecule has 0 heterocycles. The molecule has 112 valence electrons. The SMILES string of the molecule is COc1ccc(C)cc1CNCc1ccc(N(C)C)cc1. The zero-order valence-corrected chi connectivity index (χ0v) is 13.3. The topological polar surface area (TPSA) is 24.5 Å². The number of hydrogen-bond donors (Lipinski definition) is 1. The maximum absolute atomic E-state index is 5.40. The summed E-state index contributed by atoms with van der Waals surface area (Å²) in [6.07, 6.45) is 0. The first kappa shape index (κ1) is 15.4. The van der Waals surface area contributed by atoms with Gasteiger partial charge in [0.05, 0.1) is 7.11 Å². The van der Waals surface area contributed by atoms with E-state index < -0.39 is 0 Å². The van der Waals surface area contributed by atoms with Crippen molar-refractivity contribution in [2.45, 2.75) is 20.0 Å². The van der Waals surface area contributed by atoms with Crippen LogP contribution in [0.2, 0.25) is 0 Å². The zero-order chi connectivity index (χ0) is 15.2. The highest BCUT2D eigenvalue weighted by Gasteiger charge is 2.03. The fraction of sp³-hybridized carbons (Fsp3) is 0.333. The molecular formula is C18H24N2O. The Hall–Kier alpha value is -2.00. The summed E-state index contributed by atoms with van der Waals surface area (Å²) in [4.78, 5) is 2.11. The molecular weight excluding hydrogens is 260 g/mol. The van der Waals surface area contributed by atoms with Gasteiger partial charge in [0.15, 0.2) is 0 Å². The van der Waals surface area contributed by atoms with Crippen LogP contribution in [0.1, 0.15) is 16.7 Å². The summed E-state index contributed by atoms with van der Waals surface area (Å²) in [5.41, 5.74) is 4.96. The summed E-state index contributed by atoms with van der Waals surface area (Å²) in [5.74, 6) is 0.941. The lowest BCUT2D eigenvalue weighted by molar-refractivity contribution is 0.407. The zero-order valence-electron chi connectivity index (χ0n) is 13.3. The molecule has 0 radical (unpaired) electrons. The average molecular weight is 284 g/mol. The van der Waals surface area contributed by atoms with Crippen molar-refractivity contribution in [3.05, 3.63) is 59.2 Å². The van der Waals surface area contributed by atoms with Crippen molar-refractivity contribution in [1.82, 2.24) is 5.32 Å². The minimum absolute atomic E-state index is 0.806. The molecule has 3 heteroatoms. The number of benzene rings is 2. The number of aryl methyl sites for hydroxylation is 1. The van der Waals surface area contributed by atoms with E-state index in [-0.39, 0.29) is 0 Å². The van der Waals surface area contributed by atoms with Gasteiger partial charge in [-0.2, -0.15) is 0 Å². The van der Waals surface area contributed by atoms with Crippen LogP contribution < -0.4 is 15.0 Å². The largest absolute Gasteiger partial charge is 0.496 e. The molecule has 0 atom stereocenters. The molecule has 0 aliphatic carbocycles. The fourth-order valence-electron chi connectivity index (χ4n) is 2.30. The maximum atomic E-state index is 5.40. The molecule has 0 amide bonds. The average Bonchev–Trinajstić information content (AvgIpc) is 2.48. The van der Waals surface area contributed by atoms with Crippen molar-refractivity contribution in [2.75, 3.05) is 26.1 Å². The molecule has 2 rings (SSSR count). The summed E-state index contributed by atoms with van der Waals surface area (Å²) < 4.78 is 5.40. The van der Waals surface area contributed by atoms with Crippen LogP contribution in [0.5, 0.6) is 5.75 Å². The Morgan fingerprint density at radius 1 is 1.00 bits per heavy atom. The lowest BCUT2D eigenvalue weighted by atomic mass is 10.1. The van der Waals surface area contributed by atoms with Gasteiger partial charge in [0, 0.05) is 38.4 Å². The van der Waals surface area contributed by atoms with Gasteiger partial charge in [0.25, 0.3) is 0 Å². The third-order valence-electron chi connectivity index (χ3n) is 3.53. The smallest absolute Gasteiger partial charge is 0.123 e. The normalized spacial score (nSPS) is 10.5. The molecule has 2 aromatic rings. The number of methoxy groups -OCH3 is 1. The monoisotopic (exact) mass is 284 g/mol. The van der Waals surface area contributed by atoms with Gasteiger partial charge in [0.2, 0.25) is 0 Å². The second-order valence-corrected chi connectivity index (χ2v) is 5.48. The first-order valence-corrected chi connectivity index (χ1v) is 7.20. The molecule has 0 aromatic heterocycles. The summed E-state index contributed by atoms with van der Waals surface area (Å²) in [5, 5.41) is 3.47. The predicted molar refractivity (Wildman–Crippen MR) is 89.0 cm³/mol. The van der Waals surface area contributed by atoms with E-state index >= 15 is 0 Å². The number of nitrogens with zero attached hydrogens (tertiary/aromatic N) is 1. The molecule has 1 N–H and O–H groups in total. The lowest BCUT2D eigenvalue weighted by Gasteiger charge is -2.13. The second-order valence-electron chi connectivity index (χ2n) is 5.48. The fourth-order valence-corrected chi connectivity index (χ4v) is 2.30. The number of hydrogen-bond acceptors (Lipinski definition) is 3. The number of anilines is 1.